The maximum atomic E-state index is 13.2. The lowest BCUT2D eigenvalue weighted by molar-refractivity contribution is -0.143. The average Bonchev–Trinajstić information content (AvgIpc) is 3.45. The van der Waals surface area contributed by atoms with Crippen LogP contribution in [0.2, 0.25) is 0 Å². The van der Waals surface area contributed by atoms with Gasteiger partial charge in [-0.15, -0.1) is 11.3 Å². The van der Waals surface area contributed by atoms with Crippen molar-refractivity contribution in [3.63, 3.8) is 0 Å². The van der Waals surface area contributed by atoms with Crippen LogP contribution >= 0.6 is 35.3 Å². The van der Waals surface area contributed by atoms with Gasteiger partial charge >= 0.3 is 18.3 Å². The first-order chi connectivity index (χ1) is 19.5. The van der Waals surface area contributed by atoms with Gasteiger partial charge in [-0.25, -0.2) is 4.79 Å². The standard InChI is InChI=1S/C26H16F6N2O5S3/c27-25(28,29)14-5-12(6-15(8-14)26(30,31)32)13-7-17(41-11-13)10-20-22(37)34(24(40)42-20)4-3-21(36)33-16-1-2-18(23(38)39)19(35)9-16/h1-2,5-11,35H,3-4H2,(H,33,36)(H,38,39)/b20-10+. The zero-order valence-corrected chi connectivity index (χ0v) is 23.1. The van der Waals surface area contributed by atoms with Crippen LogP contribution in [0.1, 0.15) is 32.8 Å². The number of carbonyl (C=O) groups excluding carboxylic acids is 2. The molecule has 4 rings (SSSR count). The summed E-state index contributed by atoms with van der Waals surface area (Å²) in [6.45, 7) is -0.118. The number of benzene rings is 2. The van der Waals surface area contributed by atoms with E-state index in [9.17, 15) is 45.8 Å². The molecule has 2 aromatic carbocycles. The van der Waals surface area contributed by atoms with E-state index >= 15 is 0 Å². The van der Waals surface area contributed by atoms with Gasteiger partial charge in [-0.05, 0) is 59.0 Å². The van der Waals surface area contributed by atoms with Gasteiger partial charge < -0.3 is 15.5 Å². The molecule has 2 heterocycles. The Bertz CT molecular complexity index is 1600. The largest absolute Gasteiger partial charge is 0.507 e. The quantitative estimate of drug-likeness (QED) is 0.143. The minimum atomic E-state index is -4.99. The fourth-order valence-corrected chi connectivity index (χ4v) is 5.97. The molecule has 7 nitrogen and oxygen atoms in total. The zero-order chi connectivity index (χ0) is 31.0. The van der Waals surface area contributed by atoms with Crippen molar-refractivity contribution in [1.29, 1.82) is 0 Å². The first kappa shape index (κ1) is 31.1. The molecule has 0 unspecified atom stereocenters. The molecule has 1 aliphatic heterocycles. The molecule has 1 aliphatic rings. The topological polar surface area (TPSA) is 107 Å². The first-order valence-electron chi connectivity index (χ1n) is 11.5. The molecule has 0 radical (unpaired) electrons. The predicted molar refractivity (Wildman–Crippen MR) is 148 cm³/mol. The number of carbonyl (C=O) groups is 3. The van der Waals surface area contributed by atoms with Gasteiger partial charge in [-0.2, -0.15) is 26.3 Å². The maximum Gasteiger partial charge on any atom is 0.416 e. The third-order valence-corrected chi connectivity index (χ3v) is 8.02. The predicted octanol–water partition coefficient (Wildman–Crippen LogP) is 7.09. The van der Waals surface area contributed by atoms with Crippen LogP contribution in [0.25, 0.3) is 17.2 Å². The second-order valence-corrected chi connectivity index (χ2v) is 11.3. The smallest absolute Gasteiger partial charge is 0.416 e. The molecule has 3 N–H and O–H groups in total. The van der Waals surface area contributed by atoms with Crippen LogP contribution in [-0.2, 0) is 21.9 Å². The van der Waals surface area contributed by atoms with Gasteiger partial charge in [0, 0.05) is 29.6 Å². The van der Waals surface area contributed by atoms with E-state index in [1.807, 2.05) is 0 Å². The van der Waals surface area contributed by atoms with Gasteiger partial charge in [0.2, 0.25) is 5.91 Å². The number of hydrogen-bond acceptors (Lipinski definition) is 7. The van der Waals surface area contributed by atoms with Crippen LogP contribution in [0, 0.1) is 0 Å². The van der Waals surface area contributed by atoms with E-state index in [2.05, 4.69) is 5.32 Å². The highest BCUT2D eigenvalue weighted by Gasteiger charge is 2.37. The number of hydrogen-bond donors (Lipinski definition) is 3. The number of nitrogens with one attached hydrogen (secondary N) is 1. The molecule has 220 valence electrons. The van der Waals surface area contributed by atoms with Crippen molar-refractivity contribution in [1.82, 2.24) is 4.90 Å². The Balaban J connectivity index is 1.45. The van der Waals surface area contributed by atoms with E-state index in [4.69, 9.17) is 17.3 Å². The normalized spacial score (nSPS) is 15.0. The molecule has 0 spiro atoms. The van der Waals surface area contributed by atoms with Crippen LogP contribution in [0.3, 0.4) is 0 Å². The molecule has 0 atom stereocenters. The van der Waals surface area contributed by atoms with Crippen molar-refractivity contribution >= 4 is 69.2 Å². The Labute approximate surface area is 246 Å². The molecule has 42 heavy (non-hydrogen) atoms. The molecule has 0 saturated carbocycles. The molecule has 1 saturated heterocycles. The summed E-state index contributed by atoms with van der Waals surface area (Å²) in [6.07, 6.45) is -8.79. The second-order valence-electron chi connectivity index (χ2n) is 8.70. The third-order valence-electron chi connectivity index (χ3n) is 5.76. The number of halogens is 6. The number of nitrogens with zero attached hydrogens (tertiary/aromatic N) is 1. The van der Waals surface area contributed by atoms with Crippen molar-refractivity contribution in [2.75, 3.05) is 11.9 Å². The zero-order valence-electron chi connectivity index (χ0n) is 20.7. The Morgan fingerprint density at radius 2 is 1.62 bits per heavy atom. The lowest BCUT2D eigenvalue weighted by Crippen LogP contribution is -2.31. The summed E-state index contributed by atoms with van der Waals surface area (Å²) in [4.78, 5) is 37.9. The second kappa shape index (κ2) is 11.8. The number of carboxylic acids is 1. The fourth-order valence-electron chi connectivity index (χ4n) is 3.75. The van der Waals surface area contributed by atoms with Crippen molar-refractivity contribution in [2.24, 2.45) is 0 Å². The van der Waals surface area contributed by atoms with Crippen LogP contribution < -0.4 is 5.32 Å². The van der Waals surface area contributed by atoms with Gasteiger partial charge in [0.15, 0.2) is 0 Å². The van der Waals surface area contributed by atoms with Crippen LogP contribution in [-0.4, -0.2) is 43.8 Å². The molecular weight excluding hydrogens is 630 g/mol. The Hall–Kier alpha value is -3.89. The summed E-state index contributed by atoms with van der Waals surface area (Å²) in [7, 11) is 0. The van der Waals surface area contributed by atoms with Crippen molar-refractivity contribution in [3.05, 3.63) is 74.3 Å². The Morgan fingerprint density at radius 1 is 0.976 bits per heavy atom. The number of phenols is 1. The maximum absolute atomic E-state index is 13.2. The molecule has 16 heteroatoms. The molecule has 0 bridgehead atoms. The average molecular weight is 647 g/mol. The summed E-state index contributed by atoms with van der Waals surface area (Å²) in [5.74, 6) is -3.00. The number of alkyl halides is 6. The minimum Gasteiger partial charge on any atom is -0.507 e. The van der Waals surface area contributed by atoms with Gasteiger partial charge in [0.1, 0.15) is 15.6 Å². The number of amides is 2. The lowest BCUT2D eigenvalue weighted by atomic mass is 10.0. The van der Waals surface area contributed by atoms with Crippen LogP contribution in [0.5, 0.6) is 5.75 Å². The SMILES string of the molecule is O=C(CCN1C(=O)/C(=C\c2cc(-c3cc(C(F)(F)F)cc(C(F)(F)F)c3)cs2)SC1=S)Nc1ccc(C(=O)O)c(O)c1. The molecule has 1 fully saturated rings. The fraction of sp³-hybridized carbons (Fsp3) is 0.154. The minimum absolute atomic E-state index is 0.0430. The summed E-state index contributed by atoms with van der Waals surface area (Å²) in [5.41, 5.74) is -3.31. The summed E-state index contributed by atoms with van der Waals surface area (Å²) in [6, 6.07) is 6.08. The van der Waals surface area contributed by atoms with E-state index in [1.54, 1.807) is 0 Å². The third kappa shape index (κ3) is 7.11. The Morgan fingerprint density at radius 3 is 2.19 bits per heavy atom. The van der Waals surface area contributed by atoms with E-state index in [0.29, 0.717) is 17.0 Å². The van der Waals surface area contributed by atoms with E-state index < -0.39 is 47.0 Å². The number of aromatic hydroxyl groups is 1. The number of rotatable bonds is 7. The van der Waals surface area contributed by atoms with Crippen LogP contribution in [0.4, 0.5) is 32.0 Å². The van der Waals surface area contributed by atoms with Crippen LogP contribution in [0.15, 0.2) is 52.7 Å². The van der Waals surface area contributed by atoms with Gasteiger partial charge in [0.05, 0.1) is 16.0 Å². The number of thiophene rings is 1. The van der Waals surface area contributed by atoms with Gasteiger partial charge in [-0.1, -0.05) is 24.0 Å². The highest BCUT2D eigenvalue weighted by atomic mass is 32.2. The van der Waals surface area contributed by atoms with Crippen molar-refractivity contribution in [3.8, 4) is 16.9 Å². The number of carboxylic acid groups (broad SMARTS) is 1. The number of aromatic carboxylic acids is 1. The monoisotopic (exact) mass is 646 g/mol. The van der Waals surface area contributed by atoms with Crippen molar-refractivity contribution < 1.29 is 50.9 Å². The lowest BCUT2D eigenvalue weighted by Gasteiger charge is -2.14. The number of thioether (sulfide) groups is 1. The van der Waals surface area contributed by atoms with Gasteiger partial charge in [0.25, 0.3) is 5.91 Å². The highest BCUT2D eigenvalue weighted by molar-refractivity contribution is 8.26. The Kier molecular flexibility index (Phi) is 8.71. The number of thiocarbonyl (C=S) groups is 1. The van der Waals surface area contributed by atoms with Crippen molar-refractivity contribution in [2.45, 2.75) is 18.8 Å². The summed E-state index contributed by atoms with van der Waals surface area (Å²) in [5, 5.41) is 22.5. The number of anilines is 1. The summed E-state index contributed by atoms with van der Waals surface area (Å²) < 4.78 is 79.6. The molecule has 2 amide bonds. The van der Waals surface area contributed by atoms with Gasteiger partial charge in [-0.3, -0.25) is 14.5 Å². The highest BCUT2D eigenvalue weighted by Crippen LogP contribution is 2.40. The molecule has 0 aliphatic carbocycles. The first-order valence-corrected chi connectivity index (χ1v) is 13.6. The molecular formula is C26H16F6N2O5S3. The summed E-state index contributed by atoms with van der Waals surface area (Å²) >= 11 is 7.14. The van der Waals surface area contributed by atoms with E-state index in [0.717, 1.165) is 40.1 Å². The molecule has 1 aromatic heterocycles. The van der Waals surface area contributed by atoms with E-state index in [1.165, 1.54) is 23.6 Å². The van der Waals surface area contributed by atoms with E-state index in [-0.39, 0.29) is 50.6 Å². The molecule has 3 aromatic rings.